The minimum absolute atomic E-state index is 0.0622. The van der Waals surface area contributed by atoms with Gasteiger partial charge in [-0.15, -0.1) is 0 Å². The summed E-state index contributed by atoms with van der Waals surface area (Å²) in [6.07, 6.45) is 2.14. The number of carbonyl (C=O) groups is 1. The first-order chi connectivity index (χ1) is 7.15. The molecular formula is C9H13N5O. The van der Waals surface area contributed by atoms with E-state index in [1.165, 1.54) is 0 Å². The topological polar surface area (TPSA) is 92.9 Å². The Morgan fingerprint density at radius 1 is 1.67 bits per heavy atom. The molecule has 2 heterocycles. The van der Waals surface area contributed by atoms with Gasteiger partial charge in [0.15, 0.2) is 0 Å². The number of nitrogens with one attached hydrogen (secondary N) is 2. The van der Waals surface area contributed by atoms with Gasteiger partial charge in [-0.2, -0.15) is 4.98 Å². The van der Waals surface area contributed by atoms with Crippen LogP contribution in [0.4, 0.5) is 11.8 Å². The highest BCUT2D eigenvalue weighted by Crippen LogP contribution is 2.14. The highest BCUT2D eigenvalue weighted by atomic mass is 16.1. The number of aromatic nitrogens is 2. The van der Waals surface area contributed by atoms with Crippen LogP contribution in [0.2, 0.25) is 0 Å². The van der Waals surface area contributed by atoms with Gasteiger partial charge < -0.3 is 16.4 Å². The van der Waals surface area contributed by atoms with E-state index in [1.54, 1.807) is 6.20 Å². The molecule has 1 aliphatic rings. The molecule has 6 nitrogen and oxygen atoms in total. The molecule has 1 saturated heterocycles. The third kappa shape index (κ3) is 2.15. The number of amides is 1. The Labute approximate surface area is 87.3 Å². The predicted molar refractivity (Wildman–Crippen MR) is 56.2 cm³/mol. The Kier molecular flexibility index (Phi) is 2.40. The number of hydrogen-bond acceptors (Lipinski definition) is 5. The van der Waals surface area contributed by atoms with Crippen molar-refractivity contribution in [3.8, 4) is 0 Å². The van der Waals surface area contributed by atoms with E-state index in [2.05, 4.69) is 20.6 Å². The van der Waals surface area contributed by atoms with Crippen molar-refractivity contribution < 1.29 is 4.79 Å². The monoisotopic (exact) mass is 207 g/mol. The van der Waals surface area contributed by atoms with Crippen molar-refractivity contribution in [2.24, 2.45) is 0 Å². The first-order valence-electron chi connectivity index (χ1n) is 4.77. The molecule has 1 aromatic rings. The van der Waals surface area contributed by atoms with Crippen molar-refractivity contribution in [2.75, 3.05) is 17.6 Å². The minimum Gasteiger partial charge on any atom is -0.368 e. The van der Waals surface area contributed by atoms with E-state index in [-0.39, 0.29) is 17.9 Å². The van der Waals surface area contributed by atoms with Crippen LogP contribution in [0.1, 0.15) is 12.0 Å². The van der Waals surface area contributed by atoms with Crippen molar-refractivity contribution in [1.82, 2.24) is 15.3 Å². The van der Waals surface area contributed by atoms with E-state index in [4.69, 9.17) is 5.73 Å². The Hall–Kier alpha value is -1.85. The Bertz CT molecular complexity index is 392. The van der Waals surface area contributed by atoms with E-state index in [0.29, 0.717) is 18.8 Å². The zero-order valence-electron chi connectivity index (χ0n) is 8.45. The molecule has 0 aliphatic carbocycles. The van der Waals surface area contributed by atoms with E-state index in [9.17, 15) is 4.79 Å². The molecule has 1 fully saturated rings. The fourth-order valence-electron chi connectivity index (χ4n) is 1.50. The van der Waals surface area contributed by atoms with Crippen molar-refractivity contribution in [1.29, 1.82) is 0 Å². The van der Waals surface area contributed by atoms with Crippen LogP contribution in [0.15, 0.2) is 6.20 Å². The molecule has 0 aromatic carbocycles. The predicted octanol–water partition coefficient (Wildman–Crippen LogP) is -0.332. The largest absolute Gasteiger partial charge is 0.368 e. The van der Waals surface area contributed by atoms with Crippen LogP contribution in [0, 0.1) is 6.92 Å². The van der Waals surface area contributed by atoms with E-state index in [1.807, 2.05) is 6.92 Å². The van der Waals surface area contributed by atoms with Crippen LogP contribution >= 0.6 is 0 Å². The smallest absolute Gasteiger partial charge is 0.222 e. The number of nitrogens with two attached hydrogens (primary N) is 1. The Morgan fingerprint density at radius 2 is 2.47 bits per heavy atom. The molecule has 1 unspecified atom stereocenters. The molecule has 0 saturated carbocycles. The van der Waals surface area contributed by atoms with Crippen LogP contribution in [-0.4, -0.2) is 28.5 Å². The number of nitrogens with zero attached hydrogens (tertiary/aromatic N) is 2. The normalized spacial score (nSPS) is 20.1. The van der Waals surface area contributed by atoms with Crippen LogP contribution in [0.5, 0.6) is 0 Å². The molecule has 6 heteroatoms. The van der Waals surface area contributed by atoms with Crippen molar-refractivity contribution in [2.45, 2.75) is 19.4 Å². The third-order valence-corrected chi connectivity index (χ3v) is 2.31. The summed E-state index contributed by atoms with van der Waals surface area (Å²) in [5, 5.41) is 5.91. The van der Waals surface area contributed by atoms with E-state index in [0.717, 1.165) is 5.56 Å². The lowest BCUT2D eigenvalue weighted by Gasteiger charge is -2.12. The number of carbonyl (C=O) groups excluding carboxylic acids is 1. The first kappa shape index (κ1) is 9.70. The summed E-state index contributed by atoms with van der Waals surface area (Å²) in [6, 6.07) is 0.0884. The van der Waals surface area contributed by atoms with E-state index >= 15 is 0 Å². The average molecular weight is 207 g/mol. The van der Waals surface area contributed by atoms with Gasteiger partial charge >= 0.3 is 0 Å². The zero-order valence-corrected chi connectivity index (χ0v) is 8.45. The lowest BCUT2D eigenvalue weighted by molar-refractivity contribution is -0.119. The molecule has 4 N–H and O–H groups in total. The second-order valence-electron chi connectivity index (χ2n) is 3.61. The molecule has 0 spiro atoms. The van der Waals surface area contributed by atoms with Crippen LogP contribution in [-0.2, 0) is 4.79 Å². The van der Waals surface area contributed by atoms with Gasteiger partial charge in [0.2, 0.25) is 11.9 Å². The summed E-state index contributed by atoms with van der Waals surface area (Å²) in [5.74, 6) is 0.997. The van der Waals surface area contributed by atoms with Gasteiger partial charge in [-0.1, -0.05) is 0 Å². The molecule has 1 aliphatic heterocycles. The third-order valence-electron chi connectivity index (χ3n) is 2.31. The molecule has 80 valence electrons. The quantitative estimate of drug-likeness (QED) is 0.617. The average Bonchev–Trinajstić information content (AvgIpc) is 2.58. The molecule has 0 radical (unpaired) electrons. The number of nitrogen functional groups attached to an aromatic ring is 1. The molecule has 1 atom stereocenters. The van der Waals surface area contributed by atoms with Gasteiger partial charge in [-0.05, 0) is 6.92 Å². The molecule has 1 amide bonds. The van der Waals surface area contributed by atoms with Crippen molar-refractivity contribution in [3.05, 3.63) is 11.8 Å². The molecular weight excluding hydrogens is 194 g/mol. The summed E-state index contributed by atoms with van der Waals surface area (Å²) < 4.78 is 0. The summed E-state index contributed by atoms with van der Waals surface area (Å²) in [5.41, 5.74) is 6.40. The Balaban J connectivity index is 2.10. The minimum atomic E-state index is 0.0622. The van der Waals surface area contributed by atoms with Crippen LogP contribution in [0.25, 0.3) is 0 Å². The maximum absolute atomic E-state index is 11.0. The summed E-state index contributed by atoms with van der Waals surface area (Å²) >= 11 is 0. The zero-order chi connectivity index (χ0) is 10.8. The molecule has 0 bridgehead atoms. The summed E-state index contributed by atoms with van der Waals surface area (Å²) in [4.78, 5) is 18.9. The highest BCUT2D eigenvalue weighted by molar-refractivity contribution is 5.79. The fraction of sp³-hybridized carbons (Fsp3) is 0.444. The highest BCUT2D eigenvalue weighted by Gasteiger charge is 2.21. The number of hydrogen-bond donors (Lipinski definition) is 3. The second-order valence-corrected chi connectivity index (χ2v) is 3.61. The number of aryl methyl sites for hydroxylation is 1. The number of anilines is 2. The molecule has 15 heavy (non-hydrogen) atoms. The van der Waals surface area contributed by atoms with E-state index < -0.39 is 0 Å². The second kappa shape index (κ2) is 3.72. The summed E-state index contributed by atoms with van der Waals surface area (Å²) in [6.45, 7) is 2.52. The molecule has 1 aromatic heterocycles. The van der Waals surface area contributed by atoms with Crippen molar-refractivity contribution >= 4 is 17.7 Å². The van der Waals surface area contributed by atoms with Crippen molar-refractivity contribution in [3.63, 3.8) is 0 Å². The van der Waals surface area contributed by atoms with Gasteiger partial charge in [-0.3, -0.25) is 4.79 Å². The summed E-state index contributed by atoms with van der Waals surface area (Å²) in [7, 11) is 0. The first-order valence-corrected chi connectivity index (χ1v) is 4.77. The number of rotatable bonds is 2. The van der Waals surface area contributed by atoms with Gasteiger partial charge in [0.1, 0.15) is 5.82 Å². The SMILES string of the molecule is Cc1cnc(N)nc1NC1CNC(=O)C1. The Morgan fingerprint density at radius 3 is 3.13 bits per heavy atom. The van der Waals surface area contributed by atoms with Gasteiger partial charge in [-0.25, -0.2) is 4.98 Å². The lowest BCUT2D eigenvalue weighted by Crippen LogP contribution is -2.23. The maximum Gasteiger partial charge on any atom is 0.222 e. The standard InChI is InChI=1S/C9H13N5O/c1-5-3-12-9(10)14-8(5)13-6-2-7(15)11-4-6/h3,6H,2,4H2,1H3,(H,11,15)(H3,10,12,13,14). The van der Waals surface area contributed by atoms with Gasteiger partial charge in [0.05, 0.1) is 6.04 Å². The van der Waals surface area contributed by atoms with Crippen LogP contribution < -0.4 is 16.4 Å². The van der Waals surface area contributed by atoms with Gasteiger partial charge in [0, 0.05) is 24.7 Å². The lowest BCUT2D eigenvalue weighted by atomic mass is 10.2. The van der Waals surface area contributed by atoms with Gasteiger partial charge in [0.25, 0.3) is 0 Å². The maximum atomic E-state index is 11.0. The van der Waals surface area contributed by atoms with Crippen LogP contribution in [0.3, 0.4) is 0 Å². The fourth-order valence-corrected chi connectivity index (χ4v) is 1.50. The molecule has 2 rings (SSSR count).